The summed E-state index contributed by atoms with van der Waals surface area (Å²) in [5.74, 6) is 0. The Balaban J connectivity index is 2.10. The topological polar surface area (TPSA) is 54.7 Å². The van der Waals surface area contributed by atoms with E-state index >= 15 is 0 Å². The number of aromatic nitrogens is 1. The molecule has 4 heteroatoms. The lowest BCUT2D eigenvalue weighted by atomic mass is 9.74. The van der Waals surface area contributed by atoms with Crippen molar-refractivity contribution in [3.8, 4) is 11.8 Å². The van der Waals surface area contributed by atoms with Crippen molar-refractivity contribution in [1.29, 1.82) is 5.26 Å². The molecule has 1 aromatic heterocycles. The zero-order chi connectivity index (χ0) is 15.2. The van der Waals surface area contributed by atoms with Crippen LogP contribution >= 0.6 is 11.6 Å². The van der Waals surface area contributed by atoms with Gasteiger partial charge in [0.2, 0.25) is 0 Å². The van der Waals surface area contributed by atoms with Crippen LogP contribution in [0.1, 0.15) is 43.1 Å². The third-order valence-electron chi connectivity index (χ3n) is 4.20. The summed E-state index contributed by atoms with van der Waals surface area (Å²) in [5.41, 5.74) is 10.4. The van der Waals surface area contributed by atoms with Crippen LogP contribution in [0.3, 0.4) is 0 Å². The number of nitrogens with two attached hydrogens (primary N) is 1. The van der Waals surface area contributed by atoms with Crippen molar-refractivity contribution in [1.82, 2.24) is 4.57 Å². The third kappa shape index (κ3) is 2.46. The minimum Gasteiger partial charge on any atom is -0.324 e. The predicted molar refractivity (Wildman–Crippen MR) is 84.5 cm³/mol. The molecule has 21 heavy (non-hydrogen) atoms. The summed E-state index contributed by atoms with van der Waals surface area (Å²) in [6.45, 7) is 4.50. The summed E-state index contributed by atoms with van der Waals surface area (Å²) in [6, 6.07) is 9.80. The van der Waals surface area contributed by atoms with Gasteiger partial charge >= 0.3 is 0 Å². The van der Waals surface area contributed by atoms with Crippen LogP contribution in [0.15, 0.2) is 30.5 Å². The van der Waals surface area contributed by atoms with Crippen molar-refractivity contribution in [2.45, 2.75) is 32.7 Å². The Hall–Kier alpha value is -1.76. The summed E-state index contributed by atoms with van der Waals surface area (Å²) in [6.07, 6.45) is 4.03. The summed E-state index contributed by atoms with van der Waals surface area (Å²) >= 11 is 6.15. The SMILES string of the molecule is CC1(C)Cc2c(ccn2-c2ccc(C#N)c(Cl)c2)C(N)C1. The average molecular weight is 300 g/mol. The van der Waals surface area contributed by atoms with E-state index in [1.54, 1.807) is 6.07 Å². The smallest absolute Gasteiger partial charge is 0.101 e. The molecule has 1 aromatic carbocycles. The van der Waals surface area contributed by atoms with Gasteiger partial charge in [0, 0.05) is 23.6 Å². The van der Waals surface area contributed by atoms with Crippen LogP contribution in [0.2, 0.25) is 5.02 Å². The third-order valence-corrected chi connectivity index (χ3v) is 4.51. The molecule has 0 saturated carbocycles. The normalized spacial score (nSPS) is 19.9. The Labute approximate surface area is 129 Å². The first kappa shape index (κ1) is 14.2. The first-order valence-electron chi connectivity index (χ1n) is 7.07. The standard InChI is InChI=1S/C17H18ClN3/c1-17(2)8-15(20)13-5-6-21(16(13)9-17)12-4-3-11(10-19)14(18)7-12/h3-7,15H,8-9,20H2,1-2H3. The molecule has 1 aliphatic carbocycles. The molecular formula is C17H18ClN3. The highest BCUT2D eigenvalue weighted by atomic mass is 35.5. The van der Waals surface area contributed by atoms with E-state index in [-0.39, 0.29) is 11.5 Å². The van der Waals surface area contributed by atoms with Crippen LogP contribution in [0, 0.1) is 16.7 Å². The number of hydrogen-bond acceptors (Lipinski definition) is 2. The Bertz CT molecular complexity index is 737. The van der Waals surface area contributed by atoms with Gasteiger partial charge in [-0.15, -0.1) is 0 Å². The van der Waals surface area contributed by atoms with Gasteiger partial charge in [-0.05, 0) is 48.1 Å². The van der Waals surface area contributed by atoms with E-state index in [0.717, 1.165) is 18.5 Å². The predicted octanol–water partition coefficient (Wildman–Crippen LogP) is 3.97. The van der Waals surface area contributed by atoms with Crippen LogP contribution in [0.5, 0.6) is 0 Å². The lowest BCUT2D eigenvalue weighted by molar-refractivity contribution is 0.278. The molecule has 3 rings (SSSR count). The number of benzene rings is 1. The van der Waals surface area contributed by atoms with Crippen molar-refractivity contribution in [3.05, 3.63) is 52.3 Å². The molecule has 0 radical (unpaired) electrons. The number of nitrogens with zero attached hydrogens (tertiary/aromatic N) is 2. The van der Waals surface area contributed by atoms with Gasteiger partial charge in [-0.3, -0.25) is 0 Å². The average Bonchev–Trinajstić information content (AvgIpc) is 2.81. The minimum absolute atomic E-state index is 0.0823. The zero-order valence-electron chi connectivity index (χ0n) is 12.2. The maximum Gasteiger partial charge on any atom is 0.101 e. The first-order valence-corrected chi connectivity index (χ1v) is 7.45. The number of halogens is 1. The van der Waals surface area contributed by atoms with E-state index in [1.807, 2.05) is 18.3 Å². The van der Waals surface area contributed by atoms with Crippen molar-refractivity contribution in [2.24, 2.45) is 11.1 Å². The molecule has 3 nitrogen and oxygen atoms in total. The molecule has 1 aliphatic rings. The van der Waals surface area contributed by atoms with Crippen molar-refractivity contribution < 1.29 is 0 Å². The van der Waals surface area contributed by atoms with E-state index in [1.165, 1.54) is 11.3 Å². The lowest BCUT2D eigenvalue weighted by Crippen LogP contribution is -2.30. The van der Waals surface area contributed by atoms with E-state index < -0.39 is 0 Å². The Kier molecular flexibility index (Phi) is 3.32. The molecule has 0 bridgehead atoms. The molecule has 2 aromatic rings. The second-order valence-electron chi connectivity index (χ2n) is 6.52. The molecule has 0 amide bonds. The summed E-state index contributed by atoms with van der Waals surface area (Å²) in [7, 11) is 0. The van der Waals surface area contributed by atoms with E-state index in [0.29, 0.717) is 10.6 Å². The molecule has 2 N–H and O–H groups in total. The highest BCUT2D eigenvalue weighted by Gasteiger charge is 2.32. The number of rotatable bonds is 1. The summed E-state index contributed by atoms with van der Waals surface area (Å²) in [4.78, 5) is 0. The molecule has 0 fully saturated rings. The van der Waals surface area contributed by atoms with Crippen molar-refractivity contribution >= 4 is 11.6 Å². The second kappa shape index (κ2) is 4.91. The van der Waals surface area contributed by atoms with E-state index in [4.69, 9.17) is 22.6 Å². The van der Waals surface area contributed by atoms with Crippen LogP contribution in [0.4, 0.5) is 0 Å². The van der Waals surface area contributed by atoms with Gasteiger partial charge in [-0.2, -0.15) is 5.26 Å². The lowest BCUT2D eigenvalue weighted by Gasteiger charge is -2.34. The number of fused-ring (bicyclic) bond motifs is 1. The number of nitriles is 1. The van der Waals surface area contributed by atoms with Gasteiger partial charge in [0.05, 0.1) is 10.6 Å². The fraction of sp³-hybridized carbons (Fsp3) is 0.353. The van der Waals surface area contributed by atoms with Gasteiger partial charge in [0.15, 0.2) is 0 Å². The molecule has 1 heterocycles. The monoisotopic (exact) mass is 299 g/mol. The van der Waals surface area contributed by atoms with Gasteiger partial charge in [-0.25, -0.2) is 0 Å². The maximum atomic E-state index is 8.98. The van der Waals surface area contributed by atoms with Crippen molar-refractivity contribution in [2.75, 3.05) is 0 Å². The fourth-order valence-corrected chi connectivity index (χ4v) is 3.44. The van der Waals surface area contributed by atoms with Gasteiger partial charge in [0.1, 0.15) is 6.07 Å². The maximum absolute atomic E-state index is 8.98. The Morgan fingerprint density at radius 1 is 1.38 bits per heavy atom. The second-order valence-corrected chi connectivity index (χ2v) is 6.92. The Morgan fingerprint density at radius 2 is 2.14 bits per heavy atom. The van der Waals surface area contributed by atoms with Crippen LogP contribution in [-0.2, 0) is 6.42 Å². The highest BCUT2D eigenvalue weighted by Crippen LogP contribution is 2.40. The van der Waals surface area contributed by atoms with Gasteiger partial charge < -0.3 is 10.3 Å². The highest BCUT2D eigenvalue weighted by molar-refractivity contribution is 6.31. The van der Waals surface area contributed by atoms with Crippen LogP contribution in [-0.4, -0.2) is 4.57 Å². The fourth-order valence-electron chi connectivity index (χ4n) is 3.22. The molecule has 0 saturated heterocycles. The molecule has 108 valence electrons. The van der Waals surface area contributed by atoms with Crippen molar-refractivity contribution in [3.63, 3.8) is 0 Å². The largest absolute Gasteiger partial charge is 0.324 e. The summed E-state index contributed by atoms with van der Waals surface area (Å²) in [5, 5.41) is 9.46. The van der Waals surface area contributed by atoms with E-state index in [2.05, 4.69) is 30.6 Å². The number of hydrogen-bond donors (Lipinski definition) is 1. The van der Waals surface area contributed by atoms with Gasteiger partial charge in [-0.1, -0.05) is 25.4 Å². The van der Waals surface area contributed by atoms with E-state index in [9.17, 15) is 0 Å². The van der Waals surface area contributed by atoms with Crippen LogP contribution < -0.4 is 5.73 Å². The summed E-state index contributed by atoms with van der Waals surface area (Å²) < 4.78 is 2.14. The Morgan fingerprint density at radius 3 is 2.81 bits per heavy atom. The van der Waals surface area contributed by atoms with Crippen LogP contribution in [0.25, 0.3) is 5.69 Å². The molecule has 1 unspecified atom stereocenters. The molecule has 0 aliphatic heterocycles. The first-order chi connectivity index (χ1) is 9.91. The molecular weight excluding hydrogens is 282 g/mol. The van der Waals surface area contributed by atoms with Gasteiger partial charge in [0.25, 0.3) is 0 Å². The molecule has 1 atom stereocenters. The molecule has 0 spiro atoms. The quantitative estimate of drug-likeness (QED) is 0.866. The zero-order valence-corrected chi connectivity index (χ0v) is 13.0. The minimum atomic E-state index is 0.0823.